The highest BCUT2D eigenvalue weighted by Gasteiger charge is 2.16. The molecule has 22 heavy (non-hydrogen) atoms. The minimum Gasteiger partial charge on any atom is -0.325 e. The van der Waals surface area contributed by atoms with E-state index in [-0.39, 0.29) is 18.0 Å². The van der Waals surface area contributed by atoms with Gasteiger partial charge in [0.25, 0.3) is 0 Å². The first-order chi connectivity index (χ1) is 10.5. The zero-order chi connectivity index (χ0) is 16.1. The van der Waals surface area contributed by atoms with Crippen LogP contribution in [-0.2, 0) is 4.79 Å². The molecule has 0 radical (unpaired) electrons. The molecule has 2 rings (SSSR count). The second-order valence-electron chi connectivity index (χ2n) is 5.17. The summed E-state index contributed by atoms with van der Waals surface area (Å²) in [6.07, 6.45) is 0. The van der Waals surface area contributed by atoms with Crippen LogP contribution in [0.25, 0.3) is 0 Å². The summed E-state index contributed by atoms with van der Waals surface area (Å²) in [4.78, 5) is 12.2. The zero-order valence-electron chi connectivity index (χ0n) is 12.4. The molecule has 116 valence electrons. The van der Waals surface area contributed by atoms with E-state index in [0.717, 1.165) is 5.56 Å². The topological polar surface area (TPSA) is 41.1 Å². The molecule has 0 fully saturated rings. The minimum absolute atomic E-state index is 0.0740. The highest BCUT2D eigenvalue weighted by atomic mass is 35.5. The molecule has 0 aliphatic carbocycles. The number of carbonyl (C=O) groups excluding carboxylic acids is 1. The number of halogens is 2. The third kappa shape index (κ3) is 4.73. The van der Waals surface area contributed by atoms with Gasteiger partial charge in [-0.05, 0) is 37.6 Å². The maximum atomic E-state index is 12.2. The summed E-state index contributed by atoms with van der Waals surface area (Å²) in [5, 5.41) is 7.05. The summed E-state index contributed by atoms with van der Waals surface area (Å²) in [5.74, 6) is -0.138. The Hall–Kier alpha value is -1.55. The number of anilines is 1. The lowest BCUT2D eigenvalue weighted by atomic mass is 10.1. The Balaban J connectivity index is 1.97. The molecule has 0 aliphatic rings. The summed E-state index contributed by atoms with van der Waals surface area (Å²) in [6.45, 7) is 3.84. The Morgan fingerprint density at radius 3 is 2.18 bits per heavy atom. The Morgan fingerprint density at radius 2 is 1.59 bits per heavy atom. The van der Waals surface area contributed by atoms with Crippen LogP contribution in [-0.4, -0.2) is 11.9 Å². The van der Waals surface area contributed by atoms with Crippen LogP contribution in [0, 0.1) is 0 Å². The smallest absolute Gasteiger partial charge is 0.241 e. The molecule has 2 atom stereocenters. The van der Waals surface area contributed by atoms with Crippen molar-refractivity contribution in [2.45, 2.75) is 25.9 Å². The van der Waals surface area contributed by atoms with E-state index < -0.39 is 0 Å². The summed E-state index contributed by atoms with van der Waals surface area (Å²) in [7, 11) is 0. The monoisotopic (exact) mass is 336 g/mol. The number of carbonyl (C=O) groups is 1. The van der Waals surface area contributed by atoms with Gasteiger partial charge in [0.05, 0.1) is 6.04 Å². The van der Waals surface area contributed by atoms with Gasteiger partial charge in [0.15, 0.2) is 0 Å². The normalized spacial score (nSPS) is 13.5. The highest BCUT2D eigenvalue weighted by molar-refractivity contribution is 6.35. The lowest BCUT2D eigenvalue weighted by molar-refractivity contribution is -0.117. The molecule has 0 aromatic heterocycles. The highest BCUT2D eigenvalue weighted by Crippen LogP contribution is 2.22. The van der Waals surface area contributed by atoms with Crippen molar-refractivity contribution in [3.05, 3.63) is 64.1 Å². The molecule has 0 heterocycles. The van der Waals surface area contributed by atoms with Crippen molar-refractivity contribution in [1.82, 2.24) is 5.32 Å². The second kappa shape index (κ2) is 7.63. The van der Waals surface area contributed by atoms with Gasteiger partial charge in [-0.2, -0.15) is 0 Å². The van der Waals surface area contributed by atoms with Gasteiger partial charge in [-0.3, -0.25) is 10.1 Å². The number of hydrogen-bond acceptors (Lipinski definition) is 2. The number of amides is 1. The average molecular weight is 337 g/mol. The van der Waals surface area contributed by atoms with Gasteiger partial charge in [-0.25, -0.2) is 0 Å². The third-order valence-electron chi connectivity index (χ3n) is 3.32. The molecule has 2 aromatic carbocycles. The number of nitrogens with one attached hydrogen (secondary N) is 2. The van der Waals surface area contributed by atoms with Gasteiger partial charge in [0.2, 0.25) is 5.91 Å². The lowest BCUT2D eigenvalue weighted by Gasteiger charge is -2.20. The summed E-state index contributed by atoms with van der Waals surface area (Å²) < 4.78 is 0. The maximum absolute atomic E-state index is 12.2. The van der Waals surface area contributed by atoms with Crippen LogP contribution in [0.3, 0.4) is 0 Å². The van der Waals surface area contributed by atoms with Crippen molar-refractivity contribution in [3.63, 3.8) is 0 Å². The van der Waals surface area contributed by atoms with E-state index in [1.165, 1.54) is 0 Å². The molecule has 0 spiro atoms. The lowest BCUT2D eigenvalue weighted by Crippen LogP contribution is -2.39. The summed E-state index contributed by atoms with van der Waals surface area (Å²) in [6, 6.07) is 14.7. The Labute approximate surface area is 140 Å². The van der Waals surface area contributed by atoms with Crippen LogP contribution in [0.1, 0.15) is 25.5 Å². The molecule has 0 unspecified atom stereocenters. The van der Waals surface area contributed by atoms with Crippen LogP contribution in [0.15, 0.2) is 48.5 Å². The zero-order valence-corrected chi connectivity index (χ0v) is 13.9. The number of rotatable bonds is 5. The fourth-order valence-electron chi connectivity index (χ4n) is 2.17. The summed E-state index contributed by atoms with van der Waals surface area (Å²) >= 11 is 11.9. The van der Waals surface area contributed by atoms with Gasteiger partial charge in [0.1, 0.15) is 0 Å². The fraction of sp³-hybridized carbons (Fsp3) is 0.235. The van der Waals surface area contributed by atoms with Gasteiger partial charge < -0.3 is 5.32 Å². The van der Waals surface area contributed by atoms with Gasteiger partial charge >= 0.3 is 0 Å². The van der Waals surface area contributed by atoms with Crippen molar-refractivity contribution < 1.29 is 4.79 Å². The van der Waals surface area contributed by atoms with E-state index in [0.29, 0.717) is 15.7 Å². The van der Waals surface area contributed by atoms with Crippen molar-refractivity contribution in [2.75, 3.05) is 5.32 Å². The SMILES string of the molecule is C[C@H](N[C@H](C)C(=O)Nc1cc(Cl)cc(Cl)c1)c1ccccc1. The predicted octanol–water partition coefficient (Wildman–Crippen LogP) is 4.67. The second-order valence-corrected chi connectivity index (χ2v) is 6.04. The molecule has 3 nitrogen and oxygen atoms in total. The van der Waals surface area contributed by atoms with Crippen molar-refractivity contribution >= 4 is 34.8 Å². The average Bonchev–Trinajstić information content (AvgIpc) is 2.46. The van der Waals surface area contributed by atoms with Crippen LogP contribution in [0.4, 0.5) is 5.69 Å². The third-order valence-corrected chi connectivity index (χ3v) is 3.76. The van der Waals surface area contributed by atoms with E-state index in [1.54, 1.807) is 18.2 Å². The van der Waals surface area contributed by atoms with Gasteiger partial charge in [0, 0.05) is 21.8 Å². The van der Waals surface area contributed by atoms with Crippen LogP contribution in [0.5, 0.6) is 0 Å². The van der Waals surface area contributed by atoms with E-state index in [9.17, 15) is 4.79 Å². The first-order valence-corrected chi connectivity index (χ1v) is 7.79. The fourth-order valence-corrected chi connectivity index (χ4v) is 2.69. The molecular formula is C17H18Cl2N2O. The molecular weight excluding hydrogens is 319 g/mol. The van der Waals surface area contributed by atoms with E-state index >= 15 is 0 Å². The molecule has 2 aromatic rings. The van der Waals surface area contributed by atoms with E-state index in [2.05, 4.69) is 10.6 Å². The Bertz CT molecular complexity index is 626. The van der Waals surface area contributed by atoms with Crippen LogP contribution >= 0.6 is 23.2 Å². The molecule has 0 saturated heterocycles. The standard InChI is InChI=1S/C17H18Cl2N2O/c1-11(13-6-4-3-5-7-13)20-12(2)17(22)21-16-9-14(18)8-15(19)10-16/h3-12,20H,1-2H3,(H,21,22)/t11-,12+/m0/s1. The minimum atomic E-state index is -0.354. The van der Waals surface area contributed by atoms with Crippen LogP contribution < -0.4 is 10.6 Å². The molecule has 0 aliphatic heterocycles. The Kier molecular flexibility index (Phi) is 5.83. The molecule has 2 N–H and O–H groups in total. The quantitative estimate of drug-likeness (QED) is 0.832. The summed E-state index contributed by atoms with van der Waals surface area (Å²) in [5.41, 5.74) is 1.72. The van der Waals surface area contributed by atoms with Gasteiger partial charge in [-0.1, -0.05) is 53.5 Å². The first kappa shape index (κ1) is 16.8. The van der Waals surface area contributed by atoms with Gasteiger partial charge in [-0.15, -0.1) is 0 Å². The molecule has 1 amide bonds. The predicted molar refractivity (Wildman–Crippen MR) is 92.5 cm³/mol. The van der Waals surface area contributed by atoms with Crippen molar-refractivity contribution in [3.8, 4) is 0 Å². The largest absolute Gasteiger partial charge is 0.325 e. The maximum Gasteiger partial charge on any atom is 0.241 e. The van der Waals surface area contributed by atoms with Crippen molar-refractivity contribution in [2.24, 2.45) is 0 Å². The number of benzene rings is 2. The number of hydrogen-bond donors (Lipinski definition) is 2. The molecule has 5 heteroatoms. The van der Waals surface area contributed by atoms with Crippen molar-refractivity contribution in [1.29, 1.82) is 0 Å². The van der Waals surface area contributed by atoms with E-state index in [1.807, 2.05) is 44.2 Å². The molecule has 0 bridgehead atoms. The van der Waals surface area contributed by atoms with Crippen LogP contribution in [0.2, 0.25) is 10.0 Å². The van der Waals surface area contributed by atoms with E-state index in [4.69, 9.17) is 23.2 Å². The Morgan fingerprint density at radius 1 is 1.00 bits per heavy atom. The molecule has 0 saturated carbocycles. The first-order valence-electron chi connectivity index (χ1n) is 7.03.